The second-order valence-electron chi connectivity index (χ2n) is 7.26. The van der Waals surface area contributed by atoms with E-state index in [1.54, 1.807) is 12.3 Å². The molecule has 2 aliphatic rings. The number of aliphatic hydroxyl groups excluding tert-OH is 1. The predicted octanol–water partition coefficient (Wildman–Crippen LogP) is 0.996. The van der Waals surface area contributed by atoms with Crippen molar-refractivity contribution >= 4 is 11.8 Å². The minimum absolute atomic E-state index is 0.244. The van der Waals surface area contributed by atoms with Gasteiger partial charge in [0.15, 0.2) is 0 Å². The molecule has 0 saturated carbocycles. The van der Waals surface area contributed by atoms with Gasteiger partial charge in [-0.2, -0.15) is 4.98 Å². The van der Waals surface area contributed by atoms with Crippen LogP contribution in [-0.2, 0) is 4.74 Å². The van der Waals surface area contributed by atoms with Crippen LogP contribution in [-0.4, -0.2) is 72.5 Å². The van der Waals surface area contributed by atoms with Gasteiger partial charge in [-0.15, -0.1) is 0 Å². The summed E-state index contributed by atoms with van der Waals surface area (Å²) in [6.45, 7) is 8.73. The van der Waals surface area contributed by atoms with Gasteiger partial charge >= 0.3 is 0 Å². The van der Waals surface area contributed by atoms with Gasteiger partial charge in [0.05, 0.1) is 6.61 Å². The minimum atomic E-state index is 0.244. The van der Waals surface area contributed by atoms with E-state index in [-0.39, 0.29) is 12.0 Å². The third-order valence-corrected chi connectivity index (χ3v) is 5.95. The number of hydrogen-bond acceptors (Lipinski definition) is 7. The number of nitrogens with two attached hydrogens (primary N) is 1. The van der Waals surface area contributed by atoms with Crippen LogP contribution in [0.1, 0.15) is 26.2 Å². The molecule has 0 aliphatic carbocycles. The van der Waals surface area contributed by atoms with Crippen molar-refractivity contribution in [3.63, 3.8) is 0 Å². The molecule has 2 fully saturated rings. The lowest BCUT2D eigenvalue weighted by Gasteiger charge is -2.51. The fourth-order valence-corrected chi connectivity index (χ4v) is 4.30. The molecule has 2 saturated heterocycles. The molecule has 0 aromatic carbocycles. The summed E-state index contributed by atoms with van der Waals surface area (Å²) < 4.78 is 5.48. The van der Waals surface area contributed by atoms with Gasteiger partial charge in [-0.05, 0) is 44.2 Å². The van der Waals surface area contributed by atoms with Crippen LogP contribution in [0, 0.1) is 11.3 Å². The van der Waals surface area contributed by atoms with E-state index in [1.165, 1.54) is 0 Å². The Morgan fingerprint density at radius 3 is 2.76 bits per heavy atom. The first-order valence-electron chi connectivity index (χ1n) is 9.41. The summed E-state index contributed by atoms with van der Waals surface area (Å²) in [5.41, 5.74) is 6.03. The van der Waals surface area contributed by atoms with Crippen LogP contribution in [0.3, 0.4) is 0 Å². The maximum absolute atomic E-state index is 10.0. The molecule has 25 heavy (non-hydrogen) atoms. The molecule has 1 spiro atoms. The summed E-state index contributed by atoms with van der Waals surface area (Å²) >= 11 is 0. The number of nitrogens with zero attached hydrogens (tertiary/aromatic N) is 4. The molecule has 7 heteroatoms. The summed E-state index contributed by atoms with van der Waals surface area (Å²) in [5, 5.41) is 10.0. The largest absolute Gasteiger partial charge is 0.396 e. The molecule has 3 rings (SSSR count). The van der Waals surface area contributed by atoms with E-state index < -0.39 is 0 Å². The fraction of sp³-hybridized carbons (Fsp3) is 0.778. The number of nitrogen functional groups attached to an aromatic ring is 1. The van der Waals surface area contributed by atoms with Gasteiger partial charge in [0.1, 0.15) is 5.82 Å². The summed E-state index contributed by atoms with van der Waals surface area (Å²) in [7, 11) is 0. The molecule has 2 aliphatic heterocycles. The molecule has 1 atom stereocenters. The Balaban J connectivity index is 1.58. The standard InChI is InChI=1S/C18H31N5O2/c1-2-25-12-11-22-8-4-18(15(13-22)14-24)5-9-23(10-6-18)17-20-7-3-16(19)21-17/h3,7,15,24H,2,4-6,8-14H2,1H3,(H2,19,20,21). The number of rotatable bonds is 6. The molecule has 0 amide bonds. The van der Waals surface area contributed by atoms with Crippen LogP contribution >= 0.6 is 0 Å². The Kier molecular flexibility index (Phi) is 6.09. The average Bonchev–Trinajstić information content (AvgIpc) is 2.64. The van der Waals surface area contributed by atoms with Crippen molar-refractivity contribution in [3.8, 4) is 0 Å². The number of piperidine rings is 2. The molecule has 1 aromatic heterocycles. The molecule has 140 valence electrons. The van der Waals surface area contributed by atoms with E-state index in [1.807, 2.05) is 6.92 Å². The SMILES string of the molecule is CCOCCN1CCC2(CCN(c3nccc(N)n3)CC2)C(CO)C1. The fourth-order valence-electron chi connectivity index (χ4n) is 4.30. The minimum Gasteiger partial charge on any atom is -0.396 e. The van der Waals surface area contributed by atoms with Gasteiger partial charge in [0.2, 0.25) is 5.95 Å². The Hall–Kier alpha value is -1.44. The van der Waals surface area contributed by atoms with Gasteiger partial charge in [-0.1, -0.05) is 0 Å². The van der Waals surface area contributed by atoms with E-state index in [4.69, 9.17) is 10.5 Å². The molecule has 0 radical (unpaired) electrons. The monoisotopic (exact) mass is 349 g/mol. The zero-order valence-electron chi connectivity index (χ0n) is 15.2. The zero-order valence-corrected chi connectivity index (χ0v) is 15.2. The Bertz CT molecular complexity index is 548. The van der Waals surface area contributed by atoms with Crippen LogP contribution in [0.4, 0.5) is 11.8 Å². The summed E-state index contributed by atoms with van der Waals surface area (Å²) in [5.74, 6) is 1.58. The Morgan fingerprint density at radius 1 is 1.32 bits per heavy atom. The molecular formula is C18H31N5O2. The highest BCUT2D eigenvalue weighted by molar-refractivity contribution is 5.38. The quantitative estimate of drug-likeness (QED) is 0.741. The second kappa shape index (κ2) is 8.29. The van der Waals surface area contributed by atoms with E-state index in [0.29, 0.717) is 11.7 Å². The molecule has 7 nitrogen and oxygen atoms in total. The molecule has 3 N–H and O–H groups in total. The number of aromatic nitrogens is 2. The van der Waals surface area contributed by atoms with Crippen molar-refractivity contribution in [1.29, 1.82) is 0 Å². The summed E-state index contributed by atoms with van der Waals surface area (Å²) in [6, 6.07) is 1.72. The first-order valence-corrected chi connectivity index (χ1v) is 9.41. The normalized spacial score (nSPS) is 23.9. The average molecular weight is 349 g/mol. The van der Waals surface area contributed by atoms with Crippen LogP contribution in [0.2, 0.25) is 0 Å². The number of hydrogen-bond donors (Lipinski definition) is 2. The molecule has 0 bridgehead atoms. The topological polar surface area (TPSA) is 87.7 Å². The number of likely N-dealkylation sites (tertiary alicyclic amines) is 1. The zero-order chi connectivity index (χ0) is 17.7. The van der Waals surface area contributed by atoms with E-state index in [2.05, 4.69) is 19.8 Å². The van der Waals surface area contributed by atoms with Crippen LogP contribution in [0.25, 0.3) is 0 Å². The molecule has 1 aromatic rings. The summed E-state index contributed by atoms with van der Waals surface area (Å²) in [4.78, 5) is 13.4. The van der Waals surface area contributed by atoms with Crippen molar-refractivity contribution in [2.24, 2.45) is 11.3 Å². The number of anilines is 2. The third kappa shape index (κ3) is 4.22. The van der Waals surface area contributed by atoms with Crippen LogP contribution in [0.5, 0.6) is 0 Å². The number of ether oxygens (including phenoxy) is 1. The Morgan fingerprint density at radius 2 is 2.08 bits per heavy atom. The highest BCUT2D eigenvalue weighted by Gasteiger charge is 2.44. The van der Waals surface area contributed by atoms with Crippen molar-refractivity contribution in [2.45, 2.75) is 26.2 Å². The van der Waals surface area contributed by atoms with Crippen molar-refractivity contribution in [1.82, 2.24) is 14.9 Å². The molecule has 1 unspecified atom stereocenters. The highest BCUT2D eigenvalue weighted by atomic mass is 16.5. The van der Waals surface area contributed by atoms with Gasteiger partial charge in [-0.3, -0.25) is 0 Å². The second-order valence-corrected chi connectivity index (χ2v) is 7.26. The maximum atomic E-state index is 10.0. The molecule has 3 heterocycles. The van der Waals surface area contributed by atoms with Gasteiger partial charge in [0.25, 0.3) is 0 Å². The van der Waals surface area contributed by atoms with Crippen molar-refractivity contribution in [2.75, 3.05) is 63.2 Å². The highest BCUT2D eigenvalue weighted by Crippen LogP contribution is 2.45. The van der Waals surface area contributed by atoms with E-state index >= 15 is 0 Å². The molecular weight excluding hydrogens is 318 g/mol. The first kappa shape index (κ1) is 18.4. The Labute approximate surface area is 150 Å². The van der Waals surface area contributed by atoms with Crippen LogP contribution in [0.15, 0.2) is 12.3 Å². The lowest BCUT2D eigenvalue weighted by atomic mass is 9.64. The van der Waals surface area contributed by atoms with E-state index in [0.717, 1.165) is 71.1 Å². The van der Waals surface area contributed by atoms with Crippen molar-refractivity contribution < 1.29 is 9.84 Å². The lowest BCUT2D eigenvalue weighted by Crippen LogP contribution is -2.54. The van der Waals surface area contributed by atoms with Gasteiger partial charge in [-0.25, -0.2) is 4.98 Å². The van der Waals surface area contributed by atoms with E-state index in [9.17, 15) is 5.11 Å². The van der Waals surface area contributed by atoms with Crippen molar-refractivity contribution in [3.05, 3.63) is 12.3 Å². The summed E-state index contributed by atoms with van der Waals surface area (Å²) in [6.07, 6.45) is 5.02. The lowest BCUT2D eigenvalue weighted by molar-refractivity contribution is -0.0244. The third-order valence-electron chi connectivity index (χ3n) is 5.95. The predicted molar refractivity (Wildman–Crippen MR) is 98.5 cm³/mol. The van der Waals surface area contributed by atoms with Crippen LogP contribution < -0.4 is 10.6 Å². The number of aliphatic hydroxyl groups is 1. The maximum Gasteiger partial charge on any atom is 0.227 e. The van der Waals surface area contributed by atoms with Gasteiger partial charge in [0, 0.05) is 51.5 Å². The smallest absolute Gasteiger partial charge is 0.227 e. The first-order chi connectivity index (χ1) is 12.2. The van der Waals surface area contributed by atoms with Gasteiger partial charge < -0.3 is 25.4 Å².